The van der Waals surface area contributed by atoms with E-state index in [-0.39, 0.29) is 24.3 Å². The van der Waals surface area contributed by atoms with Crippen molar-refractivity contribution in [1.29, 1.82) is 0 Å². The first-order chi connectivity index (χ1) is 7.70. The Morgan fingerprint density at radius 3 is 3.06 bits per heavy atom. The Bertz CT molecular complexity index is 549. The van der Waals surface area contributed by atoms with Gasteiger partial charge in [0.15, 0.2) is 0 Å². The van der Waals surface area contributed by atoms with Gasteiger partial charge in [-0.1, -0.05) is 0 Å². The van der Waals surface area contributed by atoms with Crippen LogP contribution in [0.15, 0.2) is 18.3 Å². The molecule has 2 aromatic rings. The second-order valence-electron chi connectivity index (χ2n) is 4.48. The predicted octanol–water partition coefficient (Wildman–Crippen LogP) is 1.81. The number of halogens is 1. The molecule has 0 radical (unpaired) electrons. The molecule has 84 valence electrons. The molecular formula is C12H13FN2O. The Morgan fingerprint density at radius 1 is 1.56 bits per heavy atom. The average Bonchev–Trinajstić information content (AvgIpc) is 2.92. The molecule has 0 bridgehead atoms. The third kappa shape index (κ3) is 1.33. The molecule has 2 unspecified atom stereocenters. The Kier molecular flexibility index (Phi) is 2.01. The first-order valence-corrected chi connectivity index (χ1v) is 5.43. The maximum atomic E-state index is 13.8. The van der Waals surface area contributed by atoms with Gasteiger partial charge in [0.1, 0.15) is 5.82 Å². The number of hydrogen-bond acceptors (Lipinski definition) is 2. The van der Waals surface area contributed by atoms with Crippen molar-refractivity contribution < 1.29 is 9.50 Å². The number of aliphatic hydroxyl groups excluding tert-OH is 1. The van der Waals surface area contributed by atoms with Crippen molar-refractivity contribution in [3.8, 4) is 0 Å². The molecule has 1 aliphatic carbocycles. The van der Waals surface area contributed by atoms with Crippen LogP contribution in [-0.4, -0.2) is 21.5 Å². The quantitative estimate of drug-likeness (QED) is 0.838. The van der Waals surface area contributed by atoms with Crippen LogP contribution in [0.2, 0.25) is 0 Å². The SMILES string of the molecule is Cn1cc2c(C3CC3CO)c(F)ccc2n1. The summed E-state index contributed by atoms with van der Waals surface area (Å²) in [4.78, 5) is 0. The smallest absolute Gasteiger partial charge is 0.127 e. The minimum Gasteiger partial charge on any atom is -0.396 e. The van der Waals surface area contributed by atoms with Gasteiger partial charge in [-0.05, 0) is 30.4 Å². The summed E-state index contributed by atoms with van der Waals surface area (Å²) in [6, 6.07) is 3.17. The van der Waals surface area contributed by atoms with Crippen molar-refractivity contribution in [2.75, 3.05) is 6.61 Å². The van der Waals surface area contributed by atoms with Crippen LogP contribution < -0.4 is 0 Å². The maximum Gasteiger partial charge on any atom is 0.127 e. The van der Waals surface area contributed by atoms with E-state index in [2.05, 4.69) is 5.10 Å². The van der Waals surface area contributed by atoms with E-state index in [0.717, 1.165) is 22.9 Å². The summed E-state index contributed by atoms with van der Waals surface area (Å²) in [6.07, 6.45) is 2.72. The van der Waals surface area contributed by atoms with Crippen molar-refractivity contribution in [2.24, 2.45) is 13.0 Å². The number of fused-ring (bicyclic) bond motifs is 1. The predicted molar refractivity (Wildman–Crippen MR) is 58.6 cm³/mol. The second kappa shape index (κ2) is 3.28. The number of aryl methyl sites for hydroxylation is 1. The highest BCUT2D eigenvalue weighted by Crippen LogP contribution is 2.49. The van der Waals surface area contributed by atoms with Crippen LogP contribution in [0.1, 0.15) is 17.9 Å². The molecule has 16 heavy (non-hydrogen) atoms. The molecule has 1 fully saturated rings. The van der Waals surface area contributed by atoms with Crippen LogP contribution in [0.25, 0.3) is 10.9 Å². The lowest BCUT2D eigenvalue weighted by Gasteiger charge is -2.02. The fraction of sp³-hybridized carbons (Fsp3) is 0.417. The average molecular weight is 220 g/mol. The van der Waals surface area contributed by atoms with E-state index in [1.165, 1.54) is 6.07 Å². The van der Waals surface area contributed by atoms with Gasteiger partial charge < -0.3 is 5.11 Å². The topological polar surface area (TPSA) is 38.0 Å². The van der Waals surface area contributed by atoms with Gasteiger partial charge in [0.05, 0.1) is 5.52 Å². The molecule has 0 spiro atoms. The van der Waals surface area contributed by atoms with E-state index in [1.54, 1.807) is 10.7 Å². The van der Waals surface area contributed by atoms with Gasteiger partial charge in [-0.2, -0.15) is 5.10 Å². The summed E-state index contributed by atoms with van der Waals surface area (Å²) in [5.41, 5.74) is 1.55. The zero-order chi connectivity index (χ0) is 11.3. The number of aliphatic hydroxyl groups is 1. The molecule has 3 nitrogen and oxygen atoms in total. The van der Waals surface area contributed by atoms with E-state index < -0.39 is 0 Å². The van der Waals surface area contributed by atoms with E-state index in [0.29, 0.717) is 0 Å². The first-order valence-electron chi connectivity index (χ1n) is 5.43. The van der Waals surface area contributed by atoms with Crippen LogP contribution >= 0.6 is 0 Å². The van der Waals surface area contributed by atoms with Gasteiger partial charge in [-0.3, -0.25) is 4.68 Å². The molecule has 3 rings (SSSR count). The lowest BCUT2D eigenvalue weighted by atomic mass is 10.0. The highest BCUT2D eigenvalue weighted by Gasteiger charge is 2.40. The van der Waals surface area contributed by atoms with Crippen molar-refractivity contribution in [2.45, 2.75) is 12.3 Å². The van der Waals surface area contributed by atoms with Crippen LogP contribution in [0.5, 0.6) is 0 Å². The highest BCUT2D eigenvalue weighted by atomic mass is 19.1. The minimum atomic E-state index is -0.179. The standard InChI is InChI=1S/C12H13FN2O/c1-15-5-9-11(14-15)3-2-10(13)12(9)8-4-7(8)6-16/h2-3,5,7-8,16H,4,6H2,1H3. The number of aromatic nitrogens is 2. The van der Waals surface area contributed by atoms with Crippen LogP contribution in [-0.2, 0) is 7.05 Å². The zero-order valence-electron chi connectivity index (χ0n) is 9.02. The molecule has 0 aliphatic heterocycles. The van der Waals surface area contributed by atoms with Gasteiger partial charge in [-0.15, -0.1) is 0 Å². The van der Waals surface area contributed by atoms with Gasteiger partial charge >= 0.3 is 0 Å². The zero-order valence-corrected chi connectivity index (χ0v) is 9.02. The molecule has 4 heteroatoms. The van der Waals surface area contributed by atoms with E-state index in [4.69, 9.17) is 5.11 Å². The highest BCUT2D eigenvalue weighted by molar-refractivity contribution is 5.83. The van der Waals surface area contributed by atoms with Crippen molar-refractivity contribution >= 4 is 10.9 Å². The Labute approximate surface area is 92.5 Å². The molecule has 1 heterocycles. The molecule has 0 saturated heterocycles. The molecule has 1 aliphatic rings. The Morgan fingerprint density at radius 2 is 2.38 bits per heavy atom. The first kappa shape index (κ1) is 9.78. The van der Waals surface area contributed by atoms with Gasteiger partial charge in [0, 0.05) is 30.8 Å². The Balaban J connectivity index is 2.17. The summed E-state index contributed by atoms with van der Waals surface area (Å²) in [7, 11) is 1.83. The number of nitrogens with zero attached hydrogens (tertiary/aromatic N) is 2. The fourth-order valence-electron chi connectivity index (χ4n) is 2.39. The van der Waals surface area contributed by atoms with E-state index >= 15 is 0 Å². The largest absolute Gasteiger partial charge is 0.396 e. The molecule has 1 aromatic heterocycles. The Hall–Kier alpha value is -1.42. The second-order valence-corrected chi connectivity index (χ2v) is 4.48. The molecule has 1 N–H and O–H groups in total. The number of benzene rings is 1. The fourth-order valence-corrected chi connectivity index (χ4v) is 2.39. The summed E-state index contributed by atoms with van der Waals surface area (Å²) >= 11 is 0. The third-order valence-electron chi connectivity index (χ3n) is 3.32. The summed E-state index contributed by atoms with van der Waals surface area (Å²) in [6.45, 7) is 0.140. The summed E-state index contributed by atoms with van der Waals surface area (Å²) < 4.78 is 15.5. The van der Waals surface area contributed by atoms with Crippen molar-refractivity contribution in [3.63, 3.8) is 0 Å². The minimum absolute atomic E-state index is 0.140. The normalized spacial score (nSPS) is 23.9. The molecule has 0 amide bonds. The maximum absolute atomic E-state index is 13.8. The van der Waals surface area contributed by atoms with E-state index in [9.17, 15) is 4.39 Å². The van der Waals surface area contributed by atoms with Crippen molar-refractivity contribution in [3.05, 3.63) is 29.7 Å². The summed E-state index contributed by atoms with van der Waals surface area (Å²) in [5.74, 6) is 0.208. The monoisotopic (exact) mass is 220 g/mol. The number of hydrogen-bond donors (Lipinski definition) is 1. The van der Waals surface area contributed by atoms with Gasteiger partial charge in [0.2, 0.25) is 0 Å². The molecule has 1 aromatic carbocycles. The molecular weight excluding hydrogens is 207 g/mol. The third-order valence-corrected chi connectivity index (χ3v) is 3.32. The van der Waals surface area contributed by atoms with E-state index in [1.807, 2.05) is 13.2 Å². The van der Waals surface area contributed by atoms with Crippen LogP contribution in [0.4, 0.5) is 4.39 Å². The van der Waals surface area contributed by atoms with Crippen LogP contribution in [0.3, 0.4) is 0 Å². The van der Waals surface area contributed by atoms with Crippen LogP contribution in [0, 0.1) is 11.7 Å². The lowest BCUT2D eigenvalue weighted by molar-refractivity contribution is 0.273. The number of rotatable bonds is 2. The lowest BCUT2D eigenvalue weighted by Crippen LogP contribution is -1.93. The van der Waals surface area contributed by atoms with Crippen molar-refractivity contribution in [1.82, 2.24) is 9.78 Å². The van der Waals surface area contributed by atoms with Gasteiger partial charge in [0.25, 0.3) is 0 Å². The van der Waals surface area contributed by atoms with Gasteiger partial charge in [-0.25, -0.2) is 4.39 Å². The molecule has 2 atom stereocenters. The molecule has 1 saturated carbocycles. The summed E-state index contributed by atoms with van der Waals surface area (Å²) in [5, 5.41) is 14.2.